The van der Waals surface area contributed by atoms with Crippen molar-refractivity contribution in [3.05, 3.63) is 21.9 Å². The smallest absolute Gasteiger partial charge is 0.275 e. The zero-order valence-electron chi connectivity index (χ0n) is 13.2. The predicted molar refractivity (Wildman–Crippen MR) is 86.7 cm³/mol. The minimum atomic E-state index is 0.245. The van der Waals surface area contributed by atoms with Crippen LogP contribution in [0.1, 0.15) is 56.0 Å². The Kier molecular flexibility index (Phi) is 4.65. The van der Waals surface area contributed by atoms with Crippen LogP contribution in [0.4, 0.5) is 0 Å². The number of hydrogen-bond acceptors (Lipinski definition) is 2. The summed E-state index contributed by atoms with van der Waals surface area (Å²) in [7, 11) is 0. The third-order valence-corrected chi connectivity index (χ3v) is 6.37. The van der Waals surface area contributed by atoms with Gasteiger partial charge < -0.3 is 10.2 Å². The molecule has 1 aliphatic carbocycles. The average Bonchev–Trinajstić information content (AvgIpc) is 2.94. The number of carbonyl (C=O) groups excluding carboxylic acids is 1. The predicted octanol–water partition coefficient (Wildman–Crippen LogP) is 1.94. The lowest BCUT2D eigenvalue weighted by molar-refractivity contribution is -0.924. The average molecular weight is 307 g/mol. The molecule has 1 fully saturated rings. The van der Waals surface area contributed by atoms with Crippen molar-refractivity contribution in [2.75, 3.05) is 13.1 Å². The molecule has 0 spiro atoms. The van der Waals surface area contributed by atoms with E-state index >= 15 is 0 Å². The molecule has 0 saturated heterocycles. The van der Waals surface area contributed by atoms with Gasteiger partial charge in [0, 0.05) is 22.9 Å². The van der Waals surface area contributed by atoms with E-state index in [2.05, 4.69) is 30.6 Å². The molecule has 0 radical (unpaired) electrons. The Balaban J connectivity index is 1.56. The van der Waals surface area contributed by atoms with Crippen LogP contribution in [-0.2, 0) is 11.2 Å². The Morgan fingerprint density at radius 2 is 2.19 bits per heavy atom. The highest BCUT2D eigenvalue weighted by Gasteiger charge is 2.31. The molecular formula is C17H27N2OS+. The quantitative estimate of drug-likeness (QED) is 0.879. The van der Waals surface area contributed by atoms with Gasteiger partial charge in [-0.2, -0.15) is 0 Å². The fraction of sp³-hybridized carbons (Fsp3) is 0.706. The molecule has 4 heteroatoms. The van der Waals surface area contributed by atoms with Gasteiger partial charge in [0.05, 0.1) is 6.54 Å². The van der Waals surface area contributed by atoms with Crippen molar-refractivity contribution in [2.24, 2.45) is 5.92 Å². The first-order valence-electron chi connectivity index (χ1n) is 8.35. The van der Waals surface area contributed by atoms with Gasteiger partial charge in [0.1, 0.15) is 6.04 Å². The molecule has 0 aromatic carbocycles. The summed E-state index contributed by atoms with van der Waals surface area (Å²) < 4.78 is 0. The topological polar surface area (TPSA) is 33.5 Å². The summed E-state index contributed by atoms with van der Waals surface area (Å²) in [6, 6.07) is 3.10. The van der Waals surface area contributed by atoms with Crippen molar-refractivity contribution in [1.82, 2.24) is 5.32 Å². The van der Waals surface area contributed by atoms with Crippen LogP contribution >= 0.6 is 11.3 Å². The maximum Gasteiger partial charge on any atom is 0.275 e. The molecule has 1 unspecified atom stereocenters. The van der Waals surface area contributed by atoms with Crippen molar-refractivity contribution >= 4 is 17.2 Å². The first kappa shape index (κ1) is 15.0. The summed E-state index contributed by atoms with van der Waals surface area (Å²) in [5.74, 6) is 0.884. The summed E-state index contributed by atoms with van der Waals surface area (Å²) in [6.45, 7) is 6.25. The van der Waals surface area contributed by atoms with E-state index in [1.165, 1.54) is 34.6 Å². The third-order valence-electron chi connectivity index (χ3n) is 5.38. The van der Waals surface area contributed by atoms with Crippen molar-refractivity contribution in [3.8, 4) is 0 Å². The van der Waals surface area contributed by atoms with Crippen LogP contribution < -0.4 is 10.2 Å². The van der Waals surface area contributed by atoms with Crippen molar-refractivity contribution < 1.29 is 9.69 Å². The molecule has 0 bridgehead atoms. The maximum absolute atomic E-state index is 12.4. The fourth-order valence-corrected chi connectivity index (χ4v) is 4.87. The van der Waals surface area contributed by atoms with E-state index < -0.39 is 0 Å². The van der Waals surface area contributed by atoms with Crippen LogP contribution in [0.25, 0.3) is 0 Å². The zero-order chi connectivity index (χ0) is 14.8. The van der Waals surface area contributed by atoms with E-state index in [0.29, 0.717) is 24.5 Å². The lowest BCUT2D eigenvalue weighted by atomic mass is 9.86. The summed E-state index contributed by atoms with van der Waals surface area (Å²) in [5.41, 5.74) is 1.46. The van der Waals surface area contributed by atoms with Gasteiger partial charge in [-0.25, -0.2) is 0 Å². The largest absolute Gasteiger partial charge is 0.348 e. The van der Waals surface area contributed by atoms with Crippen LogP contribution in [0.5, 0.6) is 0 Å². The second kappa shape index (κ2) is 6.49. The number of amides is 1. The van der Waals surface area contributed by atoms with E-state index in [4.69, 9.17) is 0 Å². The highest BCUT2D eigenvalue weighted by molar-refractivity contribution is 7.10. The lowest BCUT2D eigenvalue weighted by Gasteiger charge is -2.32. The minimum Gasteiger partial charge on any atom is -0.348 e. The molecule has 3 nitrogen and oxygen atoms in total. The molecule has 1 aromatic rings. The van der Waals surface area contributed by atoms with Gasteiger partial charge in [-0.1, -0.05) is 19.8 Å². The molecule has 2 aliphatic rings. The van der Waals surface area contributed by atoms with Crippen molar-refractivity contribution in [2.45, 2.75) is 58.0 Å². The second-order valence-electron chi connectivity index (χ2n) is 6.79. The van der Waals surface area contributed by atoms with E-state index in [1.807, 2.05) is 11.3 Å². The Morgan fingerprint density at radius 1 is 1.38 bits per heavy atom. The zero-order valence-corrected chi connectivity index (χ0v) is 14.0. The van der Waals surface area contributed by atoms with Crippen LogP contribution in [0, 0.1) is 5.92 Å². The van der Waals surface area contributed by atoms with E-state index in [1.54, 1.807) is 0 Å². The highest BCUT2D eigenvalue weighted by atomic mass is 32.1. The minimum absolute atomic E-state index is 0.245. The van der Waals surface area contributed by atoms with Gasteiger partial charge in [0.25, 0.3) is 5.91 Å². The van der Waals surface area contributed by atoms with E-state index in [-0.39, 0.29) is 5.91 Å². The number of thiophene rings is 1. The van der Waals surface area contributed by atoms with Gasteiger partial charge in [0.15, 0.2) is 6.54 Å². The third kappa shape index (κ3) is 3.32. The molecule has 21 heavy (non-hydrogen) atoms. The first-order valence-corrected chi connectivity index (χ1v) is 9.23. The van der Waals surface area contributed by atoms with Crippen LogP contribution in [-0.4, -0.2) is 25.0 Å². The van der Waals surface area contributed by atoms with E-state index in [9.17, 15) is 4.79 Å². The molecule has 3 rings (SSSR count). The molecule has 1 aliphatic heterocycles. The van der Waals surface area contributed by atoms with E-state index in [0.717, 1.165) is 19.4 Å². The van der Waals surface area contributed by atoms with Crippen LogP contribution in [0.2, 0.25) is 0 Å². The molecule has 1 saturated carbocycles. The number of fused-ring (bicyclic) bond motifs is 1. The summed E-state index contributed by atoms with van der Waals surface area (Å²) in [5, 5.41) is 5.49. The first-order chi connectivity index (χ1) is 10.1. The summed E-state index contributed by atoms with van der Waals surface area (Å²) >= 11 is 1.86. The summed E-state index contributed by atoms with van der Waals surface area (Å²) in [4.78, 5) is 15.3. The van der Waals surface area contributed by atoms with Crippen molar-refractivity contribution in [3.63, 3.8) is 0 Å². The van der Waals surface area contributed by atoms with Gasteiger partial charge in [-0.3, -0.25) is 4.79 Å². The standard InChI is InChI=1S/C17H26N2OS/c1-12-5-3-4-6-15(12)18-17(20)11-19-9-7-16-14(13(19)2)8-10-21-16/h8,10,12-13,15H,3-7,9,11H2,1-2H3,(H,18,20)/p+1/t12-,13+,15-/m1/s1. The number of quaternary nitrogens is 1. The molecule has 116 valence electrons. The molecular weight excluding hydrogens is 280 g/mol. The Morgan fingerprint density at radius 3 is 3.00 bits per heavy atom. The lowest BCUT2D eigenvalue weighted by Crippen LogP contribution is -3.14. The van der Waals surface area contributed by atoms with Gasteiger partial charge in [0.2, 0.25) is 0 Å². The monoisotopic (exact) mass is 307 g/mol. The highest BCUT2D eigenvalue weighted by Crippen LogP contribution is 2.25. The van der Waals surface area contributed by atoms with Gasteiger partial charge in [-0.05, 0) is 37.1 Å². The van der Waals surface area contributed by atoms with Gasteiger partial charge in [-0.15, -0.1) is 11.3 Å². The molecule has 2 heterocycles. The number of rotatable bonds is 3. The molecule has 1 aromatic heterocycles. The fourth-order valence-electron chi connectivity index (χ4n) is 3.89. The SMILES string of the molecule is C[C@@H]1CCCC[C@H]1NC(=O)C[NH+]1CCc2sccc2[C@@H]1C. The number of carbonyl (C=O) groups is 1. The van der Waals surface area contributed by atoms with Crippen LogP contribution in [0.15, 0.2) is 11.4 Å². The van der Waals surface area contributed by atoms with Crippen LogP contribution in [0.3, 0.4) is 0 Å². The molecule has 4 atom stereocenters. The Hall–Kier alpha value is -0.870. The molecule has 2 N–H and O–H groups in total. The van der Waals surface area contributed by atoms with Gasteiger partial charge >= 0.3 is 0 Å². The molecule has 1 amide bonds. The summed E-state index contributed by atoms with van der Waals surface area (Å²) in [6.07, 6.45) is 6.13. The maximum atomic E-state index is 12.4. The second-order valence-corrected chi connectivity index (χ2v) is 7.79. The Bertz CT molecular complexity index is 499. The number of nitrogens with one attached hydrogen (secondary N) is 2. The van der Waals surface area contributed by atoms with Crippen molar-refractivity contribution in [1.29, 1.82) is 0 Å². The number of hydrogen-bond donors (Lipinski definition) is 2. The normalized spacial score (nSPS) is 32.5. The Labute approximate surface area is 131 Å².